The third-order valence-corrected chi connectivity index (χ3v) is 4.74. The maximum Gasteiger partial charge on any atom is 0.251 e. The normalized spacial score (nSPS) is 10.0. The Morgan fingerprint density at radius 3 is 2.54 bits per heavy atom. The fraction of sp³-hybridized carbons (Fsp3) is 0.211. The van der Waals surface area contributed by atoms with Gasteiger partial charge in [0, 0.05) is 28.6 Å². The van der Waals surface area contributed by atoms with E-state index in [-0.39, 0.29) is 18.4 Å². The van der Waals surface area contributed by atoms with Crippen LogP contribution in [-0.4, -0.2) is 30.7 Å². The average Bonchev–Trinajstić information content (AvgIpc) is 2.66. The van der Waals surface area contributed by atoms with E-state index in [0.717, 1.165) is 11.3 Å². The summed E-state index contributed by atoms with van der Waals surface area (Å²) in [5.74, 6) is 0.869. The van der Waals surface area contributed by atoms with Crippen LogP contribution < -0.4 is 10.6 Å². The molecule has 2 N–H and O–H groups in total. The maximum absolute atomic E-state index is 11.9. The monoisotopic (exact) mass is 387 g/mol. The van der Waals surface area contributed by atoms with E-state index in [1.807, 2.05) is 18.2 Å². The van der Waals surface area contributed by atoms with Gasteiger partial charge in [0.25, 0.3) is 5.91 Å². The topological polar surface area (TPSA) is 82.0 Å². The minimum absolute atomic E-state index is 0.0800. The van der Waals surface area contributed by atoms with Gasteiger partial charge in [-0.3, -0.25) is 9.59 Å². The van der Waals surface area contributed by atoms with Gasteiger partial charge in [-0.1, -0.05) is 29.8 Å². The molecule has 0 aromatic heterocycles. The first-order chi connectivity index (χ1) is 12.6. The quantitative estimate of drug-likeness (QED) is 0.682. The van der Waals surface area contributed by atoms with Crippen LogP contribution in [0.15, 0.2) is 48.5 Å². The van der Waals surface area contributed by atoms with Crippen LogP contribution >= 0.6 is 23.4 Å². The first-order valence-electron chi connectivity index (χ1n) is 7.96. The van der Waals surface area contributed by atoms with Crippen LogP contribution in [0.2, 0.25) is 5.02 Å². The number of hydrogen-bond donors (Lipinski definition) is 2. The summed E-state index contributed by atoms with van der Waals surface area (Å²) in [6.07, 6.45) is 0. The van der Waals surface area contributed by atoms with Gasteiger partial charge in [0.2, 0.25) is 5.91 Å². The lowest BCUT2D eigenvalue weighted by atomic mass is 10.1. The molecule has 0 aliphatic carbocycles. The number of nitriles is 1. The van der Waals surface area contributed by atoms with Crippen LogP contribution in [0.5, 0.6) is 0 Å². The van der Waals surface area contributed by atoms with Gasteiger partial charge in [-0.2, -0.15) is 17.0 Å². The SMILES string of the molecule is N#Cc1ccccc1CSCCNC(=O)CNC(=O)c1ccc(Cl)cc1. The highest BCUT2D eigenvalue weighted by molar-refractivity contribution is 7.98. The summed E-state index contributed by atoms with van der Waals surface area (Å²) in [5, 5.41) is 14.9. The molecular formula is C19H18ClN3O2S. The van der Waals surface area contributed by atoms with Gasteiger partial charge in [-0.05, 0) is 35.9 Å². The number of thioether (sulfide) groups is 1. The number of benzene rings is 2. The summed E-state index contributed by atoms with van der Waals surface area (Å²) >= 11 is 7.40. The molecule has 0 fully saturated rings. The molecule has 0 unspecified atom stereocenters. The molecule has 2 rings (SSSR count). The Morgan fingerprint density at radius 1 is 1.08 bits per heavy atom. The zero-order valence-corrected chi connectivity index (χ0v) is 15.6. The number of hydrogen-bond acceptors (Lipinski definition) is 4. The van der Waals surface area contributed by atoms with Crippen molar-refractivity contribution in [2.45, 2.75) is 5.75 Å². The Kier molecular flexibility index (Phi) is 8.00. The molecule has 0 heterocycles. The molecule has 0 atom stereocenters. The zero-order valence-electron chi connectivity index (χ0n) is 14.0. The predicted molar refractivity (Wildman–Crippen MR) is 104 cm³/mol. The van der Waals surface area contributed by atoms with Crippen molar-refractivity contribution in [2.75, 3.05) is 18.8 Å². The summed E-state index contributed by atoms with van der Waals surface area (Å²) in [5.41, 5.74) is 2.12. The largest absolute Gasteiger partial charge is 0.354 e. The van der Waals surface area contributed by atoms with Crippen molar-refractivity contribution in [1.29, 1.82) is 5.26 Å². The van der Waals surface area contributed by atoms with Crippen molar-refractivity contribution >= 4 is 35.2 Å². The zero-order chi connectivity index (χ0) is 18.8. The first-order valence-corrected chi connectivity index (χ1v) is 9.49. The molecule has 0 radical (unpaired) electrons. The molecule has 0 saturated carbocycles. The van der Waals surface area contributed by atoms with Crippen molar-refractivity contribution in [2.24, 2.45) is 0 Å². The highest BCUT2D eigenvalue weighted by Crippen LogP contribution is 2.15. The third kappa shape index (κ3) is 6.43. The Balaban J connectivity index is 1.62. The van der Waals surface area contributed by atoms with Crippen LogP contribution in [0, 0.1) is 11.3 Å². The Bertz CT molecular complexity index is 803. The lowest BCUT2D eigenvalue weighted by molar-refractivity contribution is -0.120. The van der Waals surface area contributed by atoms with E-state index in [9.17, 15) is 9.59 Å². The number of carbonyl (C=O) groups is 2. The molecule has 26 heavy (non-hydrogen) atoms. The minimum Gasteiger partial charge on any atom is -0.354 e. The van der Waals surface area contributed by atoms with Gasteiger partial charge in [0.1, 0.15) is 0 Å². The molecule has 0 aliphatic heterocycles. The molecule has 2 aromatic rings. The minimum atomic E-state index is -0.320. The molecule has 0 bridgehead atoms. The lowest BCUT2D eigenvalue weighted by Crippen LogP contribution is -2.37. The molecule has 2 amide bonds. The number of carbonyl (C=O) groups excluding carboxylic acids is 2. The summed E-state index contributed by atoms with van der Waals surface area (Å²) in [6.45, 7) is 0.415. The summed E-state index contributed by atoms with van der Waals surface area (Å²) in [4.78, 5) is 23.7. The number of nitrogens with one attached hydrogen (secondary N) is 2. The Hall–Kier alpha value is -2.49. The first kappa shape index (κ1) is 19.8. The molecule has 0 spiro atoms. The van der Waals surface area contributed by atoms with E-state index in [4.69, 9.17) is 16.9 Å². The van der Waals surface area contributed by atoms with Crippen molar-refractivity contribution < 1.29 is 9.59 Å². The number of halogens is 1. The molecule has 134 valence electrons. The van der Waals surface area contributed by atoms with Crippen LogP contribution in [0.25, 0.3) is 0 Å². The van der Waals surface area contributed by atoms with Gasteiger partial charge >= 0.3 is 0 Å². The fourth-order valence-electron chi connectivity index (χ4n) is 2.13. The van der Waals surface area contributed by atoms with Gasteiger partial charge in [0.15, 0.2) is 0 Å². The summed E-state index contributed by atoms with van der Waals surface area (Å²) < 4.78 is 0. The summed E-state index contributed by atoms with van der Waals surface area (Å²) in [7, 11) is 0. The average molecular weight is 388 g/mol. The Morgan fingerprint density at radius 2 is 1.81 bits per heavy atom. The molecule has 0 aliphatic rings. The fourth-order valence-corrected chi connectivity index (χ4v) is 3.11. The third-order valence-electron chi connectivity index (χ3n) is 3.48. The van der Waals surface area contributed by atoms with Gasteiger partial charge in [-0.25, -0.2) is 0 Å². The van der Waals surface area contributed by atoms with Gasteiger partial charge < -0.3 is 10.6 Å². The van der Waals surface area contributed by atoms with E-state index in [2.05, 4.69) is 16.7 Å². The Labute approximate surface area is 161 Å². The number of amides is 2. The summed E-state index contributed by atoms with van der Waals surface area (Å²) in [6, 6.07) is 16.1. The number of rotatable bonds is 8. The van der Waals surface area contributed by atoms with Crippen molar-refractivity contribution in [3.8, 4) is 6.07 Å². The number of nitrogens with zero attached hydrogens (tertiary/aromatic N) is 1. The second kappa shape index (κ2) is 10.5. The molecule has 5 nitrogen and oxygen atoms in total. The molecular weight excluding hydrogens is 370 g/mol. The maximum atomic E-state index is 11.9. The molecule has 0 saturated heterocycles. The van der Waals surface area contributed by atoms with Crippen molar-refractivity contribution in [3.63, 3.8) is 0 Å². The van der Waals surface area contributed by atoms with E-state index in [1.54, 1.807) is 42.1 Å². The standard InChI is InChI=1S/C19H18ClN3O2S/c20-17-7-5-14(6-8-17)19(25)23-12-18(24)22-9-10-26-13-16-4-2-1-3-15(16)11-21/h1-8H,9-10,12-13H2,(H,22,24)(H,23,25). The lowest BCUT2D eigenvalue weighted by Gasteiger charge is -2.07. The second-order valence-electron chi connectivity index (χ2n) is 5.36. The molecule has 7 heteroatoms. The van der Waals surface area contributed by atoms with Crippen molar-refractivity contribution in [1.82, 2.24) is 10.6 Å². The van der Waals surface area contributed by atoms with Crippen LogP contribution in [0.4, 0.5) is 0 Å². The highest BCUT2D eigenvalue weighted by atomic mass is 35.5. The van der Waals surface area contributed by atoms with E-state index >= 15 is 0 Å². The van der Waals surface area contributed by atoms with Crippen LogP contribution in [0.1, 0.15) is 21.5 Å². The molecule has 2 aromatic carbocycles. The highest BCUT2D eigenvalue weighted by Gasteiger charge is 2.07. The van der Waals surface area contributed by atoms with E-state index < -0.39 is 0 Å². The second-order valence-corrected chi connectivity index (χ2v) is 6.90. The van der Waals surface area contributed by atoms with Crippen LogP contribution in [-0.2, 0) is 10.5 Å². The van der Waals surface area contributed by atoms with Crippen molar-refractivity contribution in [3.05, 3.63) is 70.2 Å². The van der Waals surface area contributed by atoms with Crippen LogP contribution in [0.3, 0.4) is 0 Å². The van der Waals surface area contributed by atoms with E-state index in [0.29, 0.717) is 28.4 Å². The van der Waals surface area contributed by atoms with E-state index in [1.165, 1.54) is 0 Å². The smallest absolute Gasteiger partial charge is 0.251 e. The predicted octanol–water partition coefficient (Wildman–Crippen LogP) is 2.99. The van der Waals surface area contributed by atoms with Gasteiger partial charge in [0.05, 0.1) is 18.2 Å². The van der Waals surface area contributed by atoms with Gasteiger partial charge in [-0.15, -0.1) is 0 Å².